The molecule has 2 heterocycles. The zero-order chi connectivity index (χ0) is 15.5. The number of hydrogen-bond acceptors (Lipinski definition) is 5. The van der Waals surface area contributed by atoms with Crippen molar-refractivity contribution in [1.82, 2.24) is 19.7 Å². The molecule has 3 rings (SSSR count). The molecule has 7 heteroatoms. The zero-order valence-corrected chi connectivity index (χ0v) is 11.7. The fourth-order valence-corrected chi connectivity index (χ4v) is 1.91. The zero-order valence-electron chi connectivity index (χ0n) is 11.7. The first-order chi connectivity index (χ1) is 10.6. The molecule has 0 radical (unpaired) electrons. The summed E-state index contributed by atoms with van der Waals surface area (Å²) in [5.74, 6) is 0.595. The molecule has 110 valence electrons. The molecule has 1 N–H and O–H groups in total. The number of benzene rings is 1. The van der Waals surface area contributed by atoms with Crippen molar-refractivity contribution in [2.24, 2.45) is 0 Å². The Morgan fingerprint density at radius 1 is 1.18 bits per heavy atom. The third kappa shape index (κ3) is 2.98. The van der Waals surface area contributed by atoms with Gasteiger partial charge in [-0.1, -0.05) is 0 Å². The van der Waals surface area contributed by atoms with Crippen molar-refractivity contribution in [2.45, 2.75) is 6.92 Å². The molecule has 0 fully saturated rings. The molecule has 0 aliphatic heterocycles. The highest BCUT2D eigenvalue weighted by Gasteiger charge is 2.07. The van der Waals surface area contributed by atoms with E-state index in [1.165, 1.54) is 16.8 Å². The molecule has 22 heavy (non-hydrogen) atoms. The van der Waals surface area contributed by atoms with Crippen molar-refractivity contribution < 1.29 is 9.18 Å². The lowest BCUT2D eigenvalue weighted by Crippen LogP contribution is -2.06. The van der Waals surface area contributed by atoms with Gasteiger partial charge in [0.15, 0.2) is 6.29 Å². The highest BCUT2D eigenvalue weighted by molar-refractivity contribution is 5.71. The summed E-state index contributed by atoms with van der Waals surface area (Å²) in [5.41, 5.74) is 1.75. The summed E-state index contributed by atoms with van der Waals surface area (Å²) in [6, 6.07) is 9.29. The molecule has 1 aromatic carbocycles. The van der Waals surface area contributed by atoms with Gasteiger partial charge in [-0.3, -0.25) is 4.79 Å². The largest absolute Gasteiger partial charge is 0.340 e. The number of halogens is 1. The van der Waals surface area contributed by atoms with Gasteiger partial charge in [0.05, 0.1) is 0 Å². The van der Waals surface area contributed by atoms with E-state index in [0.29, 0.717) is 29.4 Å². The average molecular weight is 297 g/mol. The van der Waals surface area contributed by atoms with Crippen LogP contribution >= 0.6 is 0 Å². The Morgan fingerprint density at radius 3 is 2.64 bits per heavy atom. The monoisotopic (exact) mass is 297 g/mol. The van der Waals surface area contributed by atoms with E-state index in [-0.39, 0.29) is 5.82 Å². The van der Waals surface area contributed by atoms with E-state index in [1.54, 1.807) is 30.5 Å². The lowest BCUT2D eigenvalue weighted by atomic mass is 10.3. The second-order valence-electron chi connectivity index (χ2n) is 4.63. The standard InChI is InChI=1S/C15H12FN5O/c1-10-8-14(18-12-4-2-11(16)3-5-12)19-15(17-10)21-7-6-13(9-22)20-21/h2-9H,1H3,(H,17,18,19). The molecular weight excluding hydrogens is 285 g/mol. The molecule has 6 nitrogen and oxygen atoms in total. The third-order valence-electron chi connectivity index (χ3n) is 2.89. The minimum atomic E-state index is -0.303. The lowest BCUT2D eigenvalue weighted by molar-refractivity contribution is 0.111. The maximum absolute atomic E-state index is 12.9. The van der Waals surface area contributed by atoms with Crippen LogP contribution in [-0.4, -0.2) is 26.0 Å². The van der Waals surface area contributed by atoms with Crippen LogP contribution in [0.3, 0.4) is 0 Å². The van der Waals surface area contributed by atoms with E-state index in [9.17, 15) is 9.18 Å². The van der Waals surface area contributed by atoms with E-state index < -0.39 is 0 Å². The van der Waals surface area contributed by atoms with Gasteiger partial charge in [-0.2, -0.15) is 10.1 Å². The fraction of sp³-hybridized carbons (Fsp3) is 0.0667. The number of aromatic nitrogens is 4. The molecule has 2 aromatic heterocycles. The number of nitrogens with one attached hydrogen (secondary N) is 1. The molecular formula is C15H12FN5O. The van der Waals surface area contributed by atoms with Gasteiger partial charge in [0.1, 0.15) is 17.3 Å². The van der Waals surface area contributed by atoms with E-state index >= 15 is 0 Å². The van der Waals surface area contributed by atoms with Crippen LogP contribution in [0.25, 0.3) is 5.95 Å². The molecule has 0 atom stereocenters. The Morgan fingerprint density at radius 2 is 1.95 bits per heavy atom. The summed E-state index contributed by atoms with van der Waals surface area (Å²) in [6.45, 7) is 1.82. The first-order valence-corrected chi connectivity index (χ1v) is 6.53. The van der Waals surface area contributed by atoms with Crippen LogP contribution in [-0.2, 0) is 0 Å². The maximum atomic E-state index is 12.9. The Bertz CT molecular complexity index is 813. The minimum absolute atomic E-state index is 0.303. The number of anilines is 2. The highest BCUT2D eigenvalue weighted by atomic mass is 19.1. The number of aryl methyl sites for hydroxylation is 1. The van der Waals surface area contributed by atoms with Crippen LogP contribution in [0.1, 0.15) is 16.2 Å². The second kappa shape index (κ2) is 5.72. The first-order valence-electron chi connectivity index (χ1n) is 6.53. The number of aldehydes is 1. The summed E-state index contributed by atoms with van der Waals surface area (Å²) < 4.78 is 14.3. The van der Waals surface area contributed by atoms with Crippen LogP contribution in [0, 0.1) is 12.7 Å². The predicted octanol–water partition coefficient (Wildman–Crippen LogP) is 2.67. The smallest absolute Gasteiger partial charge is 0.252 e. The molecule has 3 aromatic rings. The molecule has 0 spiro atoms. The first kappa shape index (κ1) is 13.9. The van der Waals surface area contributed by atoms with Crippen molar-refractivity contribution in [2.75, 3.05) is 5.32 Å². The molecule has 0 amide bonds. The Hall–Kier alpha value is -3.09. The van der Waals surface area contributed by atoms with E-state index in [2.05, 4.69) is 20.4 Å². The Kier molecular flexibility index (Phi) is 3.61. The van der Waals surface area contributed by atoms with E-state index in [4.69, 9.17) is 0 Å². The van der Waals surface area contributed by atoms with E-state index in [1.807, 2.05) is 6.92 Å². The number of hydrogen-bond donors (Lipinski definition) is 1. The summed E-state index contributed by atoms with van der Waals surface area (Å²) in [5, 5.41) is 7.12. The van der Waals surface area contributed by atoms with Crippen molar-refractivity contribution in [3.05, 3.63) is 59.8 Å². The van der Waals surface area contributed by atoms with Crippen LogP contribution in [0.2, 0.25) is 0 Å². The van der Waals surface area contributed by atoms with Crippen molar-refractivity contribution >= 4 is 17.8 Å². The van der Waals surface area contributed by atoms with Crippen LogP contribution in [0.4, 0.5) is 15.9 Å². The van der Waals surface area contributed by atoms with Crippen LogP contribution in [0.15, 0.2) is 42.6 Å². The fourth-order valence-electron chi connectivity index (χ4n) is 1.91. The number of rotatable bonds is 4. The summed E-state index contributed by atoms with van der Waals surface area (Å²) in [4.78, 5) is 19.3. The highest BCUT2D eigenvalue weighted by Crippen LogP contribution is 2.16. The van der Waals surface area contributed by atoms with Gasteiger partial charge in [-0.15, -0.1) is 0 Å². The summed E-state index contributed by atoms with van der Waals surface area (Å²) in [6.07, 6.45) is 2.27. The normalized spacial score (nSPS) is 10.5. The van der Waals surface area contributed by atoms with Gasteiger partial charge in [0.2, 0.25) is 0 Å². The van der Waals surface area contributed by atoms with Crippen molar-refractivity contribution in [1.29, 1.82) is 0 Å². The molecule has 0 saturated carbocycles. The number of carbonyl (C=O) groups is 1. The van der Waals surface area contributed by atoms with E-state index in [0.717, 1.165) is 5.69 Å². The van der Waals surface area contributed by atoms with Gasteiger partial charge < -0.3 is 5.32 Å². The van der Waals surface area contributed by atoms with Gasteiger partial charge in [-0.05, 0) is 37.3 Å². The SMILES string of the molecule is Cc1cc(Nc2ccc(F)cc2)nc(-n2ccc(C=O)n2)n1. The minimum Gasteiger partial charge on any atom is -0.340 e. The van der Waals surface area contributed by atoms with Crippen LogP contribution in [0.5, 0.6) is 0 Å². The van der Waals surface area contributed by atoms with Gasteiger partial charge in [0.25, 0.3) is 5.95 Å². The Balaban J connectivity index is 1.92. The molecule has 0 unspecified atom stereocenters. The number of nitrogens with zero attached hydrogens (tertiary/aromatic N) is 4. The number of carbonyl (C=O) groups excluding carboxylic acids is 1. The van der Waals surface area contributed by atoms with Gasteiger partial charge in [-0.25, -0.2) is 14.1 Å². The maximum Gasteiger partial charge on any atom is 0.252 e. The molecule has 0 aliphatic carbocycles. The second-order valence-corrected chi connectivity index (χ2v) is 4.63. The third-order valence-corrected chi connectivity index (χ3v) is 2.89. The van der Waals surface area contributed by atoms with Crippen molar-refractivity contribution in [3.8, 4) is 5.95 Å². The molecule has 0 bridgehead atoms. The summed E-state index contributed by atoms with van der Waals surface area (Å²) in [7, 11) is 0. The van der Waals surface area contributed by atoms with Crippen LogP contribution < -0.4 is 5.32 Å². The van der Waals surface area contributed by atoms with Crippen molar-refractivity contribution in [3.63, 3.8) is 0 Å². The molecule has 0 aliphatic rings. The Labute approximate surface area is 125 Å². The predicted molar refractivity (Wildman–Crippen MR) is 79.0 cm³/mol. The quantitative estimate of drug-likeness (QED) is 0.749. The lowest BCUT2D eigenvalue weighted by Gasteiger charge is -2.08. The summed E-state index contributed by atoms with van der Waals surface area (Å²) >= 11 is 0. The molecule has 0 saturated heterocycles. The van der Waals surface area contributed by atoms with Gasteiger partial charge in [0, 0.05) is 23.6 Å². The average Bonchev–Trinajstić information content (AvgIpc) is 2.98. The van der Waals surface area contributed by atoms with Gasteiger partial charge >= 0.3 is 0 Å². The topological polar surface area (TPSA) is 72.7 Å².